The van der Waals surface area contributed by atoms with Gasteiger partial charge in [-0.15, -0.1) is 0 Å². The summed E-state index contributed by atoms with van der Waals surface area (Å²) in [6.45, 7) is 4.07. The van der Waals surface area contributed by atoms with Crippen LogP contribution in [0.15, 0.2) is 47.4 Å². The largest absolute Gasteiger partial charge is 0.478 e. The first kappa shape index (κ1) is 15.0. The van der Waals surface area contributed by atoms with Crippen LogP contribution >= 0.6 is 0 Å². The van der Waals surface area contributed by atoms with Crippen LogP contribution in [0.4, 0.5) is 0 Å². The summed E-state index contributed by atoms with van der Waals surface area (Å²) >= 11 is 0. The molecule has 2 aromatic heterocycles. The van der Waals surface area contributed by atoms with Crippen molar-refractivity contribution in [3.05, 3.63) is 75.3 Å². The zero-order valence-corrected chi connectivity index (χ0v) is 12.9. The van der Waals surface area contributed by atoms with Crippen LogP contribution in [0.1, 0.15) is 27.2 Å². The van der Waals surface area contributed by atoms with Gasteiger partial charge in [0.2, 0.25) is 0 Å². The minimum atomic E-state index is -1.08. The lowest BCUT2D eigenvalue weighted by atomic mass is 10.1. The molecular formula is C18H16N2O3. The van der Waals surface area contributed by atoms with Gasteiger partial charge in [0.1, 0.15) is 0 Å². The summed E-state index contributed by atoms with van der Waals surface area (Å²) in [5, 5.41) is 9.52. The van der Waals surface area contributed by atoms with Crippen molar-refractivity contribution >= 4 is 16.9 Å². The van der Waals surface area contributed by atoms with Gasteiger partial charge >= 0.3 is 5.97 Å². The maximum absolute atomic E-state index is 12.6. The quantitative estimate of drug-likeness (QED) is 0.807. The predicted molar refractivity (Wildman–Crippen MR) is 88.0 cm³/mol. The van der Waals surface area contributed by atoms with Crippen molar-refractivity contribution in [2.24, 2.45) is 0 Å². The van der Waals surface area contributed by atoms with Gasteiger partial charge < -0.3 is 9.67 Å². The van der Waals surface area contributed by atoms with Crippen LogP contribution in [0, 0.1) is 13.8 Å². The molecule has 0 fully saturated rings. The Kier molecular flexibility index (Phi) is 3.70. The average molecular weight is 308 g/mol. The molecule has 0 saturated carbocycles. The number of aromatic nitrogens is 2. The number of aromatic carboxylic acids is 1. The van der Waals surface area contributed by atoms with Crippen molar-refractivity contribution < 1.29 is 9.90 Å². The summed E-state index contributed by atoms with van der Waals surface area (Å²) in [5.74, 6) is -1.08. The standard InChI is InChI=1S/C18H16N2O3/c1-11-3-5-13(6-4-11)10-20-8-7-16-15(17(20)21)9-14(18(22)23)12(2)19-16/h3-9H,10H2,1-2H3,(H,22,23). The van der Waals surface area contributed by atoms with Gasteiger partial charge in [0.15, 0.2) is 0 Å². The Hall–Kier alpha value is -2.95. The number of carboxylic acid groups (broad SMARTS) is 1. The van der Waals surface area contributed by atoms with Crippen molar-refractivity contribution in [3.63, 3.8) is 0 Å². The number of carboxylic acids is 1. The first-order chi connectivity index (χ1) is 11.0. The molecule has 0 bridgehead atoms. The molecule has 3 aromatic rings. The van der Waals surface area contributed by atoms with Crippen molar-refractivity contribution in [3.8, 4) is 0 Å². The van der Waals surface area contributed by atoms with E-state index in [2.05, 4.69) is 4.98 Å². The van der Waals surface area contributed by atoms with E-state index >= 15 is 0 Å². The summed E-state index contributed by atoms with van der Waals surface area (Å²) in [6, 6.07) is 11.1. The maximum Gasteiger partial charge on any atom is 0.337 e. The molecule has 23 heavy (non-hydrogen) atoms. The Morgan fingerprint density at radius 1 is 1.17 bits per heavy atom. The van der Waals surface area contributed by atoms with Gasteiger partial charge in [0, 0.05) is 6.20 Å². The van der Waals surface area contributed by atoms with Gasteiger partial charge in [-0.1, -0.05) is 29.8 Å². The first-order valence-corrected chi connectivity index (χ1v) is 7.25. The van der Waals surface area contributed by atoms with E-state index in [0.717, 1.165) is 11.1 Å². The number of fused-ring (bicyclic) bond motifs is 1. The molecule has 0 saturated heterocycles. The molecule has 0 amide bonds. The highest BCUT2D eigenvalue weighted by molar-refractivity contribution is 5.93. The minimum absolute atomic E-state index is 0.0580. The summed E-state index contributed by atoms with van der Waals surface area (Å²) in [4.78, 5) is 28.1. The van der Waals surface area contributed by atoms with Crippen molar-refractivity contribution in [1.82, 2.24) is 9.55 Å². The zero-order chi connectivity index (χ0) is 16.6. The molecule has 0 atom stereocenters. The lowest BCUT2D eigenvalue weighted by Crippen LogP contribution is -2.21. The lowest BCUT2D eigenvalue weighted by molar-refractivity contribution is 0.0696. The Labute approximate surface area is 132 Å². The van der Waals surface area contributed by atoms with E-state index in [1.807, 2.05) is 31.2 Å². The van der Waals surface area contributed by atoms with E-state index in [0.29, 0.717) is 23.1 Å². The fraction of sp³-hybridized carbons (Fsp3) is 0.167. The van der Waals surface area contributed by atoms with Crippen molar-refractivity contribution in [1.29, 1.82) is 0 Å². The third-order valence-electron chi connectivity index (χ3n) is 3.85. The number of hydrogen-bond donors (Lipinski definition) is 1. The fourth-order valence-electron chi connectivity index (χ4n) is 2.54. The Morgan fingerprint density at radius 2 is 1.87 bits per heavy atom. The van der Waals surface area contributed by atoms with Crippen LogP contribution in [-0.4, -0.2) is 20.6 Å². The second-order valence-corrected chi connectivity index (χ2v) is 5.59. The second kappa shape index (κ2) is 5.68. The smallest absolute Gasteiger partial charge is 0.337 e. The lowest BCUT2D eigenvalue weighted by Gasteiger charge is -2.09. The SMILES string of the molecule is Cc1ccc(Cn2ccc3nc(C)c(C(=O)O)cc3c2=O)cc1. The minimum Gasteiger partial charge on any atom is -0.478 e. The highest BCUT2D eigenvalue weighted by atomic mass is 16.4. The summed E-state index contributed by atoms with van der Waals surface area (Å²) in [7, 11) is 0. The van der Waals surface area contributed by atoms with Gasteiger partial charge in [0.25, 0.3) is 5.56 Å². The van der Waals surface area contributed by atoms with Crippen LogP contribution in [0.3, 0.4) is 0 Å². The topological polar surface area (TPSA) is 72.2 Å². The summed E-state index contributed by atoms with van der Waals surface area (Å²) < 4.78 is 1.57. The maximum atomic E-state index is 12.6. The van der Waals surface area contributed by atoms with E-state index < -0.39 is 5.97 Å². The Balaban J connectivity index is 2.10. The molecular weight excluding hydrogens is 292 g/mol. The molecule has 116 valence electrons. The van der Waals surface area contributed by atoms with Crippen LogP contribution in [0.5, 0.6) is 0 Å². The number of aryl methyl sites for hydroxylation is 2. The Bertz CT molecular complexity index is 956. The van der Waals surface area contributed by atoms with Gasteiger partial charge in [-0.3, -0.25) is 9.78 Å². The number of rotatable bonds is 3. The molecule has 2 heterocycles. The van der Waals surface area contributed by atoms with E-state index in [4.69, 9.17) is 0 Å². The first-order valence-electron chi connectivity index (χ1n) is 7.25. The highest BCUT2D eigenvalue weighted by Gasteiger charge is 2.13. The molecule has 5 nitrogen and oxygen atoms in total. The molecule has 3 rings (SSSR count). The fourth-order valence-corrected chi connectivity index (χ4v) is 2.54. The third-order valence-corrected chi connectivity index (χ3v) is 3.85. The highest BCUT2D eigenvalue weighted by Crippen LogP contribution is 2.14. The molecule has 0 aliphatic heterocycles. The molecule has 1 N–H and O–H groups in total. The van der Waals surface area contributed by atoms with Crippen LogP contribution in [-0.2, 0) is 6.54 Å². The normalized spacial score (nSPS) is 10.9. The molecule has 0 radical (unpaired) electrons. The van der Waals surface area contributed by atoms with E-state index in [-0.39, 0.29) is 11.1 Å². The molecule has 0 spiro atoms. The number of benzene rings is 1. The van der Waals surface area contributed by atoms with Crippen LogP contribution in [0.2, 0.25) is 0 Å². The molecule has 5 heteroatoms. The second-order valence-electron chi connectivity index (χ2n) is 5.59. The van der Waals surface area contributed by atoms with Crippen LogP contribution < -0.4 is 5.56 Å². The third kappa shape index (κ3) is 2.85. The van der Waals surface area contributed by atoms with Crippen LogP contribution in [0.25, 0.3) is 10.9 Å². The number of pyridine rings is 2. The molecule has 0 aliphatic rings. The van der Waals surface area contributed by atoms with Gasteiger partial charge in [-0.2, -0.15) is 0 Å². The summed E-state index contributed by atoms with van der Waals surface area (Å²) in [5.41, 5.74) is 2.90. The average Bonchev–Trinajstić information content (AvgIpc) is 2.51. The van der Waals surface area contributed by atoms with E-state index in [1.165, 1.54) is 6.07 Å². The van der Waals surface area contributed by atoms with E-state index in [9.17, 15) is 14.7 Å². The zero-order valence-electron chi connectivity index (χ0n) is 12.9. The molecule has 1 aromatic carbocycles. The summed E-state index contributed by atoms with van der Waals surface area (Å²) in [6.07, 6.45) is 1.69. The van der Waals surface area contributed by atoms with Gasteiger partial charge in [-0.25, -0.2) is 4.79 Å². The van der Waals surface area contributed by atoms with E-state index in [1.54, 1.807) is 23.8 Å². The van der Waals surface area contributed by atoms with Gasteiger partial charge in [0.05, 0.1) is 28.7 Å². The van der Waals surface area contributed by atoms with Crippen molar-refractivity contribution in [2.75, 3.05) is 0 Å². The molecule has 0 aliphatic carbocycles. The van der Waals surface area contributed by atoms with Crippen molar-refractivity contribution in [2.45, 2.75) is 20.4 Å². The number of hydrogen-bond acceptors (Lipinski definition) is 3. The predicted octanol–water partition coefficient (Wildman–Crippen LogP) is 2.76. The van der Waals surface area contributed by atoms with Gasteiger partial charge in [-0.05, 0) is 31.5 Å². The number of carbonyl (C=O) groups is 1. The monoisotopic (exact) mass is 308 g/mol. The molecule has 0 unspecified atom stereocenters. The number of nitrogens with zero attached hydrogens (tertiary/aromatic N) is 2. The Morgan fingerprint density at radius 3 is 2.52 bits per heavy atom.